The van der Waals surface area contributed by atoms with Crippen LogP contribution < -0.4 is 5.32 Å². The Balaban J connectivity index is 2.48. The Morgan fingerprint density at radius 1 is 1.44 bits per heavy atom. The largest absolute Gasteiger partial charge is 0.481 e. The van der Waals surface area contributed by atoms with Crippen molar-refractivity contribution in [2.24, 2.45) is 5.41 Å². The number of aliphatic carboxylic acids is 1. The molecule has 0 saturated heterocycles. The van der Waals surface area contributed by atoms with Crippen molar-refractivity contribution in [2.75, 3.05) is 11.9 Å². The zero-order valence-electron chi connectivity index (χ0n) is 9.46. The van der Waals surface area contributed by atoms with Crippen molar-refractivity contribution in [3.8, 4) is 0 Å². The molecule has 0 spiro atoms. The van der Waals surface area contributed by atoms with E-state index in [0.717, 1.165) is 10.2 Å². The quantitative estimate of drug-likeness (QED) is 0.872. The normalized spacial score (nSPS) is 11.2. The molecule has 4 heteroatoms. The molecule has 0 amide bonds. The number of hydrogen-bond acceptors (Lipinski definition) is 2. The summed E-state index contributed by atoms with van der Waals surface area (Å²) < 4.78 is 0.989. The van der Waals surface area contributed by atoms with Gasteiger partial charge in [-0.05, 0) is 48.3 Å². The Morgan fingerprint density at radius 3 is 2.62 bits per heavy atom. The SMILES string of the molecule is CC(C)(CCNc1ccccc1Br)C(=O)O. The van der Waals surface area contributed by atoms with Gasteiger partial charge < -0.3 is 10.4 Å². The molecule has 0 heterocycles. The van der Waals surface area contributed by atoms with Gasteiger partial charge in [-0.15, -0.1) is 0 Å². The standard InChI is InChI=1S/C12H16BrNO2/c1-12(2,11(15)16)7-8-14-10-6-4-3-5-9(10)13/h3-6,14H,7-8H2,1-2H3,(H,15,16). The summed E-state index contributed by atoms with van der Waals surface area (Å²) in [5.74, 6) is -0.763. The third-order valence-electron chi connectivity index (χ3n) is 2.52. The Bertz CT molecular complexity index is 377. The summed E-state index contributed by atoms with van der Waals surface area (Å²) in [5, 5.41) is 12.2. The molecule has 0 bridgehead atoms. The van der Waals surface area contributed by atoms with Crippen LogP contribution in [0.3, 0.4) is 0 Å². The second-order valence-electron chi connectivity index (χ2n) is 4.35. The lowest BCUT2D eigenvalue weighted by atomic mass is 9.90. The molecule has 0 atom stereocenters. The zero-order valence-corrected chi connectivity index (χ0v) is 11.0. The van der Waals surface area contributed by atoms with Crippen LogP contribution in [-0.2, 0) is 4.79 Å². The topological polar surface area (TPSA) is 49.3 Å². The molecule has 3 nitrogen and oxygen atoms in total. The highest BCUT2D eigenvalue weighted by Gasteiger charge is 2.26. The number of anilines is 1. The van der Waals surface area contributed by atoms with Crippen LogP contribution in [0.5, 0.6) is 0 Å². The van der Waals surface area contributed by atoms with Crippen LogP contribution >= 0.6 is 15.9 Å². The van der Waals surface area contributed by atoms with Crippen LogP contribution in [0.2, 0.25) is 0 Å². The number of benzene rings is 1. The van der Waals surface area contributed by atoms with E-state index < -0.39 is 11.4 Å². The van der Waals surface area contributed by atoms with Gasteiger partial charge >= 0.3 is 5.97 Å². The minimum absolute atomic E-state index is 0.587. The van der Waals surface area contributed by atoms with Gasteiger partial charge in [0.05, 0.1) is 5.41 Å². The van der Waals surface area contributed by atoms with Gasteiger partial charge in [-0.2, -0.15) is 0 Å². The molecule has 2 N–H and O–H groups in total. The lowest BCUT2D eigenvalue weighted by Gasteiger charge is -2.19. The smallest absolute Gasteiger partial charge is 0.309 e. The highest BCUT2D eigenvalue weighted by molar-refractivity contribution is 9.10. The number of carbonyl (C=O) groups is 1. The number of carboxylic acids is 1. The number of para-hydroxylation sites is 1. The lowest BCUT2D eigenvalue weighted by molar-refractivity contribution is -0.147. The fourth-order valence-electron chi connectivity index (χ4n) is 1.22. The zero-order chi connectivity index (χ0) is 12.2. The van der Waals surface area contributed by atoms with E-state index >= 15 is 0 Å². The van der Waals surface area contributed by atoms with E-state index in [-0.39, 0.29) is 0 Å². The van der Waals surface area contributed by atoms with Gasteiger partial charge in [-0.3, -0.25) is 4.79 Å². The highest BCUT2D eigenvalue weighted by atomic mass is 79.9. The predicted octanol–water partition coefficient (Wildman–Crippen LogP) is 3.36. The van der Waals surface area contributed by atoms with E-state index in [1.165, 1.54) is 0 Å². The third kappa shape index (κ3) is 3.52. The maximum atomic E-state index is 10.9. The van der Waals surface area contributed by atoms with E-state index in [9.17, 15) is 4.79 Å². The van der Waals surface area contributed by atoms with Crippen molar-refractivity contribution in [1.82, 2.24) is 0 Å². The molecule has 1 aromatic rings. The molecule has 0 aliphatic heterocycles. The molecule has 0 radical (unpaired) electrons. The van der Waals surface area contributed by atoms with Crippen molar-refractivity contribution in [2.45, 2.75) is 20.3 Å². The molecule has 0 aliphatic carbocycles. The molecule has 16 heavy (non-hydrogen) atoms. The van der Waals surface area contributed by atoms with Gasteiger partial charge in [-0.1, -0.05) is 12.1 Å². The minimum atomic E-state index is -0.763. The van der Waals surface area contributed by atoms with E-state index in [4.69, 9.17) is 5.11 Å². The molecule has 0 fully saturated rings. The fraction of sp³-hybridized carbons (Fsp3) is 0.417. The molecular weight excluding hydrogens is 270 g/mol. The van der Waals surface area contributed by atoms with Gasteiger partial charge in [0.1, 0.15) is 0 Å². The second-order valence-corrected chi connectivity index (χ2v) is 5.20. The van der Waals surface area contributed by atoms with Crippen LogP contribution in [-0.4, -0.2) is 17.6 Å². The summed E-state index contributed by atoms with van der Waals surface area (Å²) in [6.07, 6.45) is 0.587. The number of carboxylic acid groups (broad SMARTS) is 1. The number of rotatable bonds is 5. The fourth-order valence-corrected chi connectivity index (χ4v) is 1.65. The van der Waals surface area contributed by atoms with Crippen molar-refractivity contribution >= 4 is 27.6 Å². The Labute approximate surface area is 104 Å². The average molecular weight is 286 g/mol. The van der Waals surface area contributed by atoms with E-state index in [2.05, 4.69) is 21.2 Å². The van der Waals surface area contributed by atoms with Gasteiger partial charge in [-0.25, -0.2) is 0 Å². The third-order valence-corrected chi connectivity index (χ3v) is 3.21. The first-order chi connectivity index (χ1) is 7.43. The number of hydrogen-bond donors (Lipinski definition) is 2. The molecule has 0 aliphatic rings. The first-order valence-corrected chi connectivity index (χ1v) is 5.94. The summed E-state index contributed by atoms with van der Waals surface area (Å²) in [5.41, 5.74) is 0.303. The van der Waals surface area contributed by atoms with Gasteiger partial charge in [0, 0.05) is 16.7 Å². The molecule has 1 rings (SSSR count). The Morgan fingerprint density at radius 2 is 2.06 bits per heavy atom. The molecule has 88 valence electrons. The molecule has 0 saturated carbocycles. The summed E-state index contributed by atoms with van der Waals surface area (Å²) in [7, 11) is 0. The maximum Gasteiger partial charge on any atom is 0.309 e. The predicted molar refractivity (Wildman–Crippen MR) is 68.7 cm³/mol. The minimum Gasteiger partial charge on any atom is -0.481 e. The van der Waals surface area contributed by atoms with Crippen LogP contribution in [0.25, 0.3) is 0 Å². The Hall–Kier alpha value is -1.03. The number of halogens is 1. The van der Waals surface area contributed by atoms with Crippen LogP contribution in [0, 0.1) is 5.41 Å². The molecule has 0 unspecified atom stereocenters. The molecule has 0 aromatic heterocycles. The second kappa shape index (κ2) is 5.34. The monoisotopic (exact) mass is 285 g/mol. The van der Waals surface area contributed by atoms with Crippen LogP contribution in [0.15, 0.2) is 28.7 Å². The summed E-state index contributed by atoms with van der Waals surface area (Å²) in [4.78, 5) is 10.9. The van der Waals surface area contributed by atoms with Gasteiger partial charge in [0.25, 0.3) is 0 Å². The first kappa shape index (κ1) is 13.0. The van der Waals surface area contributed by atoms with E-state index in [0.29, 0.717) is 13.0 Å². The Kier molecular flexibility index (Phi) is 4.35. The molecular formula is C12H16BrNO2. The van der Waals surface area contributed by atoms with Gasteiger partial charge in [0.15, 0.2) is 0 Å². The highest BCUT2D eigenvalue weighted by Crippen LogP contribution is 2.24. The van der Waals surface area contributed by atoms with Crippen LogP contribution in [0.4, 0.5) is 5.69 Å². The lowest BCUT2D eigenvalue weighted by Crippen LogP contribution is -2.26. The van der Waals surface area contributed by atoms with E-state index in [1.54, 1.807) is 13.8 Å². The number of nitrogens with one attached hydrogen (secondary N) is 1. The van der Waals surface area contributed by atoms with Crippen molar-refractivity contribution in [3.05, 3.63) is 28.7 Å². The molecule has 1 aromatic carbocycles. The first-order valence-electron chi connectivity index (χ1n) is 5.15. The van der Waals surface area contributed by atoms with Crippen LogP contribution in [0.1, 0.15) is 20.3 Å². The summed E-state index contributed by atoms with van der Waals surface area (Å²) in [6, 6.07) is 7.79. The van der Waals surface area contributed by atoms with E-state index in [1.807, 2.05) is 24.3 Å². The maximum absolute atomic E-state index is 10.9. The van der Waals surface area contributed by atoms with Crippen molar-refractivity contribution < 1.29 is 9.90 Å². The van der Waals surface area contributed by atoms with Crippen molar-refractivity contribution in [1.29, 1.82) is 0 Å². The summed E-state index contributed by atoms with van der Waals surface area (Å²) >= 11 is 3.43. The summed E-state index contributed by atoms with van der Waals surface area (Å²) in [6.45, 7) is 4.11. The van der Waals surface area contributed by atoms with Crippen molar-refractivity contribution in [3.63, 3.8) is 0 Å². The average Bonchev–Trinajstić information content (AvgIpc) is 2.20. The van der Waals surface area contributed by atoms with Gasteiger partial charge in [0.2, 0.25) is 0 Å².